The number of nitrogens with one attached hydrogen (secondary N) is 1. The Morgan fingerprint density at radius 2 is 2.32 bits per heavy atom. The van der Waals surface area contributed by atoms with Gasteiger partial charge >= 0.3 is 6.09 Å². The monoisotopic (exact) mass is 257 g/mol. The molecule has 1 aliphatic rings. The Kier molecular flexibility index (Phi) is 2.56. The van der Waals surface area contributed by atoms with E-state index < -0.39 is 12.0 Å². The number of likely N-dealkylation sites (N-methyl/N-ethyl adjacent to an activating group) is 1. The van der Waals surface area contributed by atoms with E-state index in [2.05, 4.69) is 9.97 Å². The number of nitrogens with zero attached hydrogens (tertiary/aromatic N) is 2. The fourth-order valence-electron chi connectivity index (χ4n) is 2.01. The molecule has 1 saturated heterocycles. The van der Waals surface area contributed by atoms with Gasteiger partial charge in [0.1, 0.15) is 5.65 Å². The summed E-state index contributed by atoms with van der Waals surface area (Å²) in [5, 5.41) is 0.869. The summed E-state index contributed by atoms with van der Waals surface area (Å²) < 4.78 is 4.96. The number of hydrogen-bond acceptors (Lipinski definition) is 4. The Hall–Kier alpha value is -2.63. The average molecular weight is 257 g/mol. The number of carbonyl (C=O) groups excluding carboxylic acids is 2. The number of amides is 2. The minimum atomic E-state index is -0.628. The molecule has 96 valence electrons. The van der Waals surface area contributed by atoms with Crippen LogP contribution in [-0.4, -0.2) is 33.4 Å². The van der Waals surface area contributed by atoms with Gasteiger partial charge in [-0.05, 0) is 25.1 Å². The molecule has 0 aliphatic carbocycles. The molecule has 0 saturated carbocycles. The van der Waals surface area contributed by atoms with Gasteiger partial charge in [0.05, 0.1) is 0 Å². The molecule has 1 N–H and O–H groups in total. The molecule has 0 radical (unpaired) electrons. The van der Waals surface area contributed by atoms with Gasteiger partial charge in [-0.2, -0.15) is 0 Å². The zero-order valence-electron chi connectivity index (χ0n) is 10.2. The maximum atomic E-state index is 11.9. The average Bonchev–Trinajstić information content (AvgIpc) is 2.93. The number of H-pyrrole nitrogens is 1. The summed E-state index contributed by atoms with van der Waals surface area (Å²) in [5.74, 6) is -0.373. The van der Waals surface area contributed by atoms with Crippen LogP contribution in [0.25, 0.3) is 17.1 Å². The summed E-state index contributed by atoms with van der Waals surface area (Å²) in [6, 6.07) is 3.68. The third kappa shape index (κ3) is 1.77. The van der Waals surface area contributed by atoms with Crippen LogP contribution in [-0.2, 0) is 9.53 Å². The number of rotatable bonds is 2. The normalized spacial score (nSPS) is 17.5. The van der Waals surface area contributed by atoms with E-state index in [1.54, 1.807) is 31.5 Å². The molecule has 1 aliphatic heterocycles. The van der Waals surface area contributed by atoms with Crippen molar-refractivity contribution in [2.45, 2.75) is 6.92 Å². The molecule has 19 heavy (non-hydrogen) atoms. The molecule has 0 bridgehead atoms. The Labute approximate surface area is 108 Å². The van der Waals surface area contributed by atoms with Gasteiger partial charge in [-0.15, -0.1) is 0 Å². The molecule has 3 rings (SSSR count). The first-order chi connectivity index (χ1) is 9.20. The molecular weight excluding hydrogens is 246 g/mol. The molecule has 0 aromatic carbocycles. The van der Waals surface area contributed by atoms with E-state index in [9.17, 15) is 9.59 Å². The fourth-order valence-corrected chi connectivity index (χ4v) is 2.01. The quantitative estimate of drug-likeness (QED) is 0.834. The van der Waals surface area contributed by atoms with Crippen LogP contribution < -0.4 is 0 Å². The summed E-state index contributed by atoms with van der Waals surface area (Å²) >= 11 is 0. The number of aromatic nitrogens is 2. The van der Waals surface area contributed by atoms with Crippen molar-refractivity contribution < 1.29 is 14.3 Å². The summed E-state index contributed by atoms with van der Waals surface area (Å²) in [7, 11) is 0. The number of hydrogen-bond donors (Lipinski definition) is 1. The Morgan fingerprint density at radius 3 is 3.05 bits per heavy atom. The molecule has 2 aromatic heterocycles. The molecular formula is C13H11N3O3. The van der Waals surface area contributed by atoms with Crippen molar-refractivity contribution in [1.29, 1.82) is 0 Å². The van der Waals surface area contributed by atoms with Crippen LogP contribution in [0, 0.1) is 0 Å². The fraction of sp³-hybridized carbons (Fsp3) is 0.154. The second-order valence-corrected chi connectivity index (χ2v) is 4.07. The molecule has 0 atom stereocenters. The molecule has 6 nitrogen and oxygen atoms in total. The van der Waals surface area contributed by atoms with E-state index in [0.717, 1.165) is 21.5 Å². The number of fused-ring (bicyclic) bond motifs is 1. The van der Waals surface area contributed by atoms with Crippen molar-refractivity contribution in [2.75, 3.05) is 6.54 Å². The van der Waals surface area contributed by atoms with Gasteiger partial charge in [0.25, 0.3) is 5.91 Å². The summed E-state index contributed by atoms with van der Waals surface area (Å²) in [6.07, 6.45) is 4.32. The van der Waals surface area contributed by atoms with E-state index in [4.69, 9.17) is 4.74 Å². The second kappa shape index (κ2) is 4.24. The maximum absolute atomic E-state index is 11.9. The predicted octanol–water partition coefficient (Wildman–Crippen LogP) is 1.90. The third-order valence-corrected chi connectivity index (χ3v) is 2.96. The topological polar surface area (TPSA) is 75.3 Å². The van der Waals surface area contributed by atoms with Gasteiger partial charge in [0, 0.05) is 29.9 Å². The van der Waals surface area contributed by atoms with E-state index in [0.29, 0.717) is 6.54 Å². The van der Waals surface area contributed by atoms with Gasteiger partial charge in [-0.3, -0.25) is 4.79 Å². The lowest BCUT2D eigenvalue weighted by Gasteiger charge is -2.03. The second-order valence-electron chi connectivity index (χ2n) is 4.07. The van der Waals surface area contributed by atoms with Crippen LogP contribution in [0.2, 0.25) is 0 Å². The van der Waals surface area contributed by atoms with Crippen LogP contribution in [0.4, 0.5) is 4.79 Å². The van der Waals surface area contributed by atoms with Crippen LogP contribution in [0.3, 0.4) is 0 Å². The van der Waals surface area contributed by atoms with Crippen molar-refractivity contribution in [3.05, 3.63) is 35.8 Å². The van der Waals surface area contributed by atoms with Crippen LogP contribution >= 0.6 is 0 Å². The number of cyclic esters (lactones) is 1. The molecule has 6 heteroatoms. The summed E-state index contributed by atoms with van der Waals surface area (Å²) in [5.41, 5.74) is 1.48. The first-order valence-corrected chi connectivity index (χ1v) is 5.88. The van der Waals surface area contributed by atoms with Crippen LogP contribution in [0.1, 0.15) is 12.5 Å². The van der Waals surface area contributed by atoms with Gasteiger partial charge in [0.15, 0.2) is 5.76 Å². The molecule has 3 heterocycles. The SMILES string of the molecule is CCN1C(=O)OC(=Cc2c[nH]c3ncccc23)C1=O. The van der Waals surface area contributed by atoms with Crippen molar-refractivity contribution in [3.63, 3.8) is 0 Å². The number of carbonyl (C=O) groups is 2. The lowest BCUT2D eigenvalue weighted by molar-refractivity contribution is -0.123. The highest BCUT2D eigenvalue weighted by Gasteiger charge is 2.35. The van der Waals surface area contributed by atoms with E-state index in [1.165, 1.54) is 0 Å². The largest absolute Gasteiger partial charge is 0.422 e. The highest BCUT2D eigenvalue weighted by atomic mass is 16.6. The first-order valence-electron chi connectivity index (χ1n) is 5.88. The number of pyridine rings is 1. The van der Waals surface area contributed by atoms with E-state index >= 15 is 0 Å². The maximum Gasteiger partial charge on any atom is 0.422 e. The smallest absolute Gasteiger partial charge is 0.404 e. The van der Waals surface area contributed by atoms with E-state index in [-0.39, 0.29) is 5.76 Å². The minimum absolute atomic E-state index is 0.0385. The van der Waals surface area contributed by atoms with Crippen LogP contribution in [0.15, 0.2) is 30.3 Å². The molecule has 0 spiro atoms. The molecule has 1 fully saturated rings. The third-order valence-electron chi connectivity index (χ3n) is 2.96. The Morgan fingerprint density at radius 1 is 1.47 bits per heavy atom. The van der Waals surface area contributed by atoms with Gasteiger partial charge in [-0.1, -0.05) is 0 Å². The van der Waals surface area contributed by atoms with Crippen LogP contribution in [0.5, 0.6) is 0 Å². The zero-order valence-corrected chi connectivity index (χ0v) is 10.2. The summed E-state index contributed by atoms with van der Waals surface area (Å²) in [4.78, 5) is 31.5. The van der Waals surface area contributed by atoms with Crippen molar-refractivity contribution >= 4 is 29.1 Å². The Bertz CT molecular complexity index is 702. The highest BCUT2D eigenvalue weighted by Crippen LogP contribution is 2.23. The summed E-state index contributed by atoms with van der Waals surface area (Å²) in [6.45, 7) is 2.02. The number of aromatic amines is 1. The van der Waals surface area contributed by atoms with Gasteiger partial charge in [-0.25, -0.2) is 14.7 Å². The highest BCUT2D eigenvalue weighted by molar-refractivity contribution is 6.10. The van der Waals surface area contributed by atoms with Crippen molar-refractivity contribution in [3.8, 4) is 0 Å². The van der Waals surface area contributed by atoms with Gasteiger partial charge in [0.2, 0.25) is 0 Å². The lowest BCUT2D eigenvalue weighted by Crippen LogP contribution is -2.28. The molecule has 0 unspecified atom stereocenters. The molecule has 2 amide bonds. The molecule has 2 aromatic rings. The first kappa shape index (κ1) is 11.5. The number of imide groups is 1. The zero-order chi connectivity index (χ0) is 13.4. The lowest BCUT2D eigenvalue weighted by atomic mass is 10.2. The van der Waals surface area contributed by atoms with E-state index in [1.807, 2.05) is 6.07 Å². The number of ether oxygens (including phenoxy) is 1. The van der Waals surface area contributed by atoms with Crippen molar-refractivity contribution in [1.82, 2.24) is 14.9 Å². The van der Waals surface area contributed by atoms with Gasteiger partial charge < -0.3 is 9.72 Å². The van der Waals surface area contributed by atoms with Crippen molar-refractivity contribution in [2.24, 2.45) is 0 Å². The standard InChI is InChI=1S/C13H11N3O3/c1-2-16-12(17)10(19-13(16)18)6-8-7-15-11-9(8)4-3-5-14-11/h3-7H,2H2,1H3,(H,14,15). The Balaban J connectivity index is 2.03. The minimum Gasteiger partial charge on any atom is -0.404 e. The predicted molar refractivity (Wildman–Crippen MR) is 67.9 cm³/mol.